The number of rotatable bonds is 6. The van der Waals surface area contributed by atoms with E-state index in [4.69, 9.17) is 0 Å². The van der Waals surface area contributed by atoms with Gasteiger partial charge in [0.25, 0.3) is 0 Å². The number of nitrogens with one attached hydrogen (secondary N) is 1. The van der Waals surface area contributed by atoms with Gasteiger partial charge in [0.15, 0.2) is 0 Å². The van der Waals surface area contributed by atoms with Crippen LogP contribution < -0.4 is 5.32 Å². The summed E-state index contributed by atoms with van der Waals surface area (Å²) in [5.74, 6) is 0.626. The Balaban J connectivity index is 2.25. The van der Waals surface area contributed by atoms with Gasteiger partial charge in [0.1, 0.15) is 0 Å². The molecule has 1 rings (SSSR count). The van der Waals surface area contributed by atoms with E-state index in [1.54, 1.807) is 6.26 Å². The largest absolute Gasteiger partial charge is 0.387 e. The van der Waals surface area contributed by atoms with Crippen LogP contribution in [-0.2, 0) is 10.8 Å². The summed E-state index contributed by atoms with van der Waals surface area (Å²) in [6.45, 7) is 1.17. The number of hydrogen-bond donors (Lipinski definition) is 2. The monoisotopic (exact) mass is 227 g/mol. The van der Waals surface area contributed by atoms with Crippen LogP contribution in [0.15, 0.2) is 30.3 Å². The van der Waals surface area contributed by atoms with Crippen molar-refractivity contribution in [3.63, 3.8) is 0 Å². The summed E-state index contributed by atoms with van der Waals surface area (Å²) in [7, 11) is -0.769. The predicted molar refractivity (Wildman–Crippen MR) is 63.2 cm³/mol. The van der Waals surface area contributed by atoms with E-state index >= 15 is 0 Å². The molecule has 84 valence electrons. The van der Waals surface area contributed by atoms with Crippen molar-refractivity contribution >= 4 is 10.8 Å². The van der Waals surface area contributed by atoms with Gasteiger partial charge in [-0.1, -0.05) is 30.3 Å². The third kappa shape index (κ3) is 5.06. The third-order valence-electron chi connectivity index (χ3n) is 2.09. The van der Waals surface area contributed by atoms with Crippen LogP contribution in [0, 0.1) is 0 Å². The minimum atomic E-state index is -0.769. The quantitative estimate of drug-likeness (QED) is 0.703. The van der Waals surface area contributed by atoms with Crippen LogP contribution in [0.1, 0.15) is 11.7 Å². The molecule has 0 saturated heterocycles. The van der Waals surface area contributed by atoms with E-state index in [9.17, 15) is 9.32 Å². The third-order valence-corrected chi connectivity index (χ3v) is 2.87. The summed E-state index contributed by atoms with van der Waals surface area (Å²) in [5, 5.41) is 12.8. The Hall–Kier alpha value is -0.710. The Morgan fingerprint density at radius 3 is 2.67 bits per heavy atom. The van der Waals surface area contributed by atoms with Crippen LogP contribution in [0.4, 0.5) is 0 Å². The van der Waals surface area contributed by atoms with Crippen molar-refractivity contribution in [1.29, 1.82) is 0 Å². The number of benzene rings is 1. The highest BCUT2D eigenvalue weighted by Gasteiger charge is 2.05. The van der Waals surface area contributed by atoms with Gasteiger partial charge in [0, 0.05) is 35.9 Å². The van der Waals surface area contributed by atoms with E-state index < -0.39 is 16.9 Å². The molecule has 0 amide bonds. The average molecular weight is 227 g/mol. The fourth-order valence-electron chi connectivity index (χ4n) is 1.25. The van der Waals surface area contributed by atoms with Crippen LogP contribution in [-0.4, -0.2) is 34.4 Å². The van der Waals surface area contributed by atoms with Crippen LogP contribution in [0.25, 0.3) is 0 Å². The molecule has 1 aromatic carbocycles. The smallest absolute Gasteiger partial charge is 0.0914 e. The molecule has 0 aliphatic rings. The zero-order valence-electron chi connectivity index (χ0n) is 8.85. The van der Waals surface area contributed by atoms with Crippen molar-refractivity contribution in [3.8, 4) is 0 Å². The first-order chi connectivity index (χ1) is 7.20. The van der Waals surface area contributed by atoms with Crippen LogP contribution in [0.2, 0.25) is 0 Å². The van der Waals surface area contributed by atoms with Gasteiger partial charge in [0.2, 0.25) is 0 Å². The molecule has 2 unspecified atom stereocenters. The molecule has 0 spiro atoms. The summed E-state index contributed by atoms with van der Waals surface area (Å²) in [5.41, 5.74) is 0.905. The summed E-state index contributed by atoms with van der Waals surface area (Å²) in [4.78, 5) is 0. The predicted octanol–water partition coefficient (Wildman–Crippen LogP) is 0.688. The molecule has 0 fully saturated rings. The lowest BCUT2D eigenvalue weighted by atomic mass is 10.1. The van der Waals surface area contributed by atoms with Crippen LogP contribution in [0.5, 0.6) is 0 Å². The zero-order chi connectivity index (χ0) is 11.1. The van der Waals surface area contributed by atoms with Gasteiger partial charge in [-0.2, -0.15) is 0 Å². The summed E-state index contributed by atoms with van der Waals surface area (Å²) < 4.78 is 10.8. The minimum absolute atomic E-state index is 0.489. The normalized spacial score (nSPS) is 14.8. The molecule has 0 bridgehead atoms. The Labute approximate surface area is 93.0 Å². The van der Waals surface area contributed by atoms with Crippen molar-refractivity contribution in [3.05, 3.63) is 35.9 Å². The molecule has 2 atom stereocenters. The van der Waals surface area contributed by atoms with E-state index in [1.165, 1.54) is 0 Å². The molecule has 15 heavy (non-hydrogen) atoms. The van der Waals surface area contributed by atoms with Gasteiger partial charge in [0.05, 0.1) is 6.10 Å². The molecule has 0 heterocycles. The van der Waals surface area contributed by atoms with Crippen LogP contribution in [0.3, 0.4) is 0 Å². The summed E-state index contributed by atoms with van der Waals surface area (Å²) >= 11 is 0. The second kappa shape index (κ2) is 6.71. The van der Waals surface area contributed by atoms with Crippen molar-refractivity contribution < 1.29 is 9.32 Å². The van der Waals surface area contributed by atoms with Gasteiger partial charge in [-0.25, -0.2) is 0 Å². The average Bonchev–Trinajstić information content (AvgIpc) is 2.25. The van der Waals surface area contributed by atoms with Gasteiger partial charge < -0.3 is 10.4 Å². The fourth-order valence-corrected chi connectivity index (χ4v) is 1.68. The van der Waals surface area contributed by atoms with Crippen molar-refractivity contribution in [2.75, 3.05) is 25.1 Å². The second-order valence-electron chi connectivity index (χ2n) is 3.41. The molecule has 0 aliphatic heterocycles. The van der Waals surface area contributed by atoms with Crippen molar-refractivity contribution in [1.82, 2.24) is 5.32 Å². The lowest BCUT2D eigenvalue weighted by Gasteiger charge is -2.11. The first kappa shape index (κ1) is 12.4. The summed E-state index contributed by atoms with van der Waals surface area (Å²) in [6, 6.07) is 9.51. The van der Waals surface area contributed by atoms with Crippen LogP contribution >= 0.6 is 0 Å². The second-order valence-corrected chi connectivity index (χ2v) is 4.96. The highest BCUT2D eigenvalue weighted by Crippen LogP contribution is 2.09. The zero-order valence-corrected chi connectivity index (χ0v) is 9.67. The Bertz CT molecular complexity index is 303. The maximum Gasteiger partial charge on any atom is 0.0914 e. The Morgan fingerprint density at radius 2 is 2.07 bits per heavy atom. The first-order valence-corrected chi connectivity index (χ1v) is 6.66. The van der Waals surface area contributed by atoms with E-state index in [2.05, 4.69) is 5.32 Å². The van der Waals surface area contributed by atoms with E-state index in [0.29, 0.717) is 18.8 Å². The van der Waals surface area contributed by atoms with Gasteiger partial charge >= 0.3 is 0 Å². The molecule has 4 heteroatoms. The van der Waals surface area contributed by atoms with Gasteiger partial charge in [-0.3, -0.25) is 4.21 Å². The van der Waals surface area contributed by atoms with Gasteiger partial charge in [-0.05, 0) is 5.56 Å². The highest BCUT2D eigenvalue weighted by molar-refractivity contribution is 7.84. The molecule has 0 aromatic heterocycles. The van der Waals surface area contributed by atoms with E-state index in [1.807, 2.05) is 30.3 Å². The number of aliphatic hydroxyl groups is 1. The maximum absolute atomic E-state index is 10.8. The van der Waals surface area contributed by atoms with Crippen molar-refractivity contribution in [2.24, 2.45) is 0 Å². The minimum Gasteiger partial charge on any atom is -0.387 e. The first-order valence-electron chi connectivity index (χ1n) is 4.94. The standard InChI is InChI=1S/C11H17NO2S/c1-15(14)8-7-12-9-11(13)10-5-3-2-4-6-10/h2-6,11-13H,7-9H2,1H3. The molecule has 1 aromatic rings. The maximum atomic E-state index is 10.8. The SMILES string of the molecule is CS(=O)CCNCC(O)c1ccccc1. The lowest BCUT2D eigenvalue weighted by molar-refractivity contribution is 0.175. The van der Waals surface area contributed by atoms with Gasteiger partial charge in [-0.15, -0.1) is 0 Å². The number of aliphatic hydroxyl groups excluding tert-OH is 1. The number of hydrogen-bond acceptors (Lipinski definition) is 3. The Kier molecular flexibility index (Phi) is 5.53. The molecule has 0 radical (unpaired) electrons. The fraction of sp³-hybridized carbons (Fsp3) is 0.455. The molecular weight excluding hydrogens is 210 g/mol. The molecule has 0 aliphatic carbocycles. The highest BCUT2D eigenvalue weighted by atomic mass is 32.2. The topological polar surface area (TPSA) is 49.3 Å². The van der Waals surface area contributed by atoms with E-state index in [0.717, 1.165) is 5.56 Å². The van der Waals surface area contributed by atoms with E-state index in [-0.39, 0.29) is 0 Å². The summed E-state index contributed by atoms with van der Waals surface area (Å²) in [6.07, 6.45) is 1.19. The lowest BCUT2D eigenvalue weighted by Crippen LogP contribution is -2.25. The van der Waals surface area contributed by atoms with Crippen molar-refractivity contribution in [2.45, 2.75) is 6.10 Å². The molecule has 3 nitrogen and oxygen atoms in total. The Morgan fingerprint density at radius 1 is 1.40 bits per heavy atom. The molecular formula is C11H17NO2S. The molecule has 0 saturated carbocycles. The molecule has 2 N–H and O–H groups in total.